The number of nitrogens with two attached hydrogens (primary N) is 1. The van der Waals surface area contributed by atoms with Gasteiger partial charge in [-0.05, 0) is 19.9 Å². The quantitative estimate of drug-likeness (QED) is 0.607. The summed E-state index contributed by atoms with van der Waals surface area (Å²) in [7, 11) is 0. The molecule has 0 aliphatic rings. The van der Waals surface area contributed by atoms with E-state index in [4.69, 9.17) is 17.4 Å². The molecule has 0 saturated carbocycles. The number of hydrogen-bond acceptors (Lipinski definition) is 5. The van der Waals surface area contributed by atoms with E-state index in [1.165, 1.54) is 6.20 Å². The van der Waals surface area contributed by atoms with Gasteiger partial charge in [0.2, 0.25) is 5.95 Å². The second kappa shape index (κ2) is 4.07. The van der Waals surface area contributed by atoms with Crippen LogP contribution in [0.2, 0.25) is 5.02 Å². The minimum Gasteiger partial charge on any atom is -0.292 e. The zero-order chi connectivity index (χ0) is 11.7. The van der Waals surface area contributed by atoms with Gasteiger partial charge < -0.3 is 0 Å². The van der Waals surface area contributed by atoms with Gasteiger partial charge in [-0.25, -0.2) is 15.5 Å². The number of nitrogens with one attached hydrogen (secondary N) is 1. The van der Waals surface area contributed by atoms with Gasteiger partial charge >= 0.3 is 0 Å². The fourth-order valence-corrected chi connectivity index (χ4v) is 1.59. The number of aromatic nitrogens is 4. The lowest BCUT2D eigenvalue weighted by molar-refractivity contribution is 0.801. The molecule has 2 aromatic rings. The van der Waals surface area contributed by atoms with Gasteiger partial charge in [-0.3, -0.25) is 5.43 Å². The van der Waals surface area contributed by atoms with Crippen LogP contribution in [0.4, 0.5) is 5.95 Å². The monoisotopic (exact) mass is 238 g/mol. The molecule has 0 fully saturated rings. The van der Waals surface area contributed by atoms with Crippen molar-refractivity contribution in [1.29, 1.82) is 0 Å². The summed E-state index contributed by atoms with van der Waals surface area (Å²) < 4.78 is 1.65. The summed E-state index contributed by atoms with van der Waals surface area (Å²) in [4.78, 5) is 8.06. The van der Waals surface area contributed by atoms with Crippen LogP contribution in [0.3, 0.4) is 0 Å². The zero-order valence-electron chi connectivity index (χ0n) is 8.90. The molecule has 2 heterocycles. The Labute approximate surface area is 97.4 Å². The summed E-state index contributed by atoms with van der Waals surface area (Å²) in [5, 5.41) is 4.71. The molecule has 0 saturated heterocycles. The first-order valence-electron chi connectivity index (χ1n) is 4.64. The molecular weight excluding hydrogens is 228 g/mol. The van der Waals surface area contributed by atoms with Gasteiger partial charge in [0.1, 0.15) is 5.02 Å². The summed E-state index contributed by atoms with van der Waals surface area (Å²) in [6, 6.07) is 1.94. The van der Waals surface area contributed by atoms with E-state index in [1.807, 2.05) is 19.9 Å². The number of halogens is 1. The maximum Gasteiger partial charge on any atom is 0.239 e. The Bertz CT molecular complexity index is 521. The van der Waals surface area contributed by atoms with Crippen LogP contribution in [0, 0.1) is 13.8 Å². The highest BCUT2D eigenvalue weighted by atomic mass is 35.5. The van der Waals surface area contributed by atoms with Crippen molar-refractivity contribution in [3.63, 3.8) is 0 Å². The highest BCUT2D eigenvalue weighted by molar-refractivity contribution is 6.32. The first-order valence-corrected chi connectivity index (χ1v) is 5.02. The van der Waals surface area contributed by atoms with E-state index in [9.17, 15) is 0 Å². The largest absolute Gasteiger partial charge is 0.292 e. The van der Waals surface area contributed by atoms with E-state index in [0.29, 0.717) is 16.8 Å². The third-order valence-electron chi connectivity index (χ3n) is 2.06. The third-order valence-corrected chi connectivity index (χ3v) is 2.33. The molecule has 0 atom stereocenters. The molecule has 0 aliphatic heterocycles. The molecule has 0 radical (unpaired) electrons. The Morgan fingerprint density at radius 3 is 2.75 bits per heavy atom. The lowest BCUT2D eigenvalue weighted by Crippen LogP contribution is -2.13. The fraction of sp³-hybridized carbons (Fsp3) is 0.222. The van der Waals surface area contributed by atoms with Gasteiger partial charge in [-0.15, -0.1) is 0 Å². The van der Waals surface area contributed by atoms with Crippen molar-refractivity contribution in [2.24, 2.45) is 5.84 Å². The van der Waals surface area contributed by atoms with Gasteiger partial charge in [0.25, 0.3) is 0 Å². The number of hydrogen-bond donors (Lipinski definition) is 2. The number of hydrazine groups is 1. The Hall–Kier alpha value is -1.66. The first-order chi connectivity index (χ1) is 7.61. The molecule has 0 amide bonds. The number of rotatable bonds is 2. The number of aryl methyl sites for hydroxylation is 2. The van der Waals surface area contributed by atoms with Crippen LogP contribution < -0.4 is 11.3 Å². The molecule has 84 valence electrons. The lowest BCUT2D eigenvalue weighted by Gasteiger charge is -2.06. The van der Waals surface area contributed by atoms with Crippen molar-refractivity contribution in [3.05, 3.63) is 28.7 Å². The number of nitrogens with zero attached hydrogens (tertiary/aromatic N) is 4. The zero-order valence-corrected chi connectivity index (χ0v) is 9.65. The van der Waals surface area contributed by atoms with Crippen LogP contribution >= 0.6 is 11.6 Å². The van der Waals surface area contributed by atoms with Gasteiger partial charge in [0.15, 0.2) is 5.82 Å². The molecule has 2 aromatic heterocycles. The van der Waals surface area contributed by atoms with Gasteiger partial charge in [0, 0.05) is 5.69 Å². The normalized spacial score (nSPS) is 10.5. The predicted octanol–water partition coefficient (Wildman–Crippen LogP) is 1.22. The summed E-state index contributed by atoms with van der Waals surface area (Å²) in [6.45, 7) is 3.83. The van der Waals surface area contributed by atoms with Crippen LogP contribution in [0.5, 0.6) is 0 Å². The van der Waals surface area contributed by atoms with Crippen LogP contribution in [0.25, 0.3) is 5.82 Å². The lowest BCUT2D eigenvalue weighted by atomic mass is 10.4. The molecule has 2 rings (SSSR count). The van der Waals surface area contributed by atoms with Gasteiger partial charge in [0.05, 0.1) is 11.9 Å². The van der Waals surface area contributed by atoms with Crippen molar-refractivity contribution < 1.29 is 0 Å². The van der Waals surface area contributed by atoms with E-state index in [-0.39, 0.29) is 0 Å². The maximum atomic E-state index is 6.01. The SMILES string of the molecule is Cc1cc(C)n(-c2nc(NN)ncc2Cl)n1. The van der Waals surface area contributed by atoms with Gasteiger partial charge in [-0.1, -0.05) is 11.6 Å². The summed E-state index contributed by atoms with van der Waals surface area (Å²) in [5.74, 6) is 6.05. The summed E-state index contributed by atoms with van der Waals surface area (Å²) >= 11 is 6.01. The molecule has 6 nitrogen and oxygen atoms in total. The van der Waals surface area contributed by atoms with E-state index < -0.39 is 0 Å². The van der Waals surface area contributed by atoms with E-state index in [1.54, 1.807) is 4.68 Å². The molecule has 0 spiro atoms. The number of anilines is 1. The van der Waals surface area contributed by atoms with Crippen molar-refractivity contribution >= 4 is 17.5 Å². The molecule has 0 unspecified atom stereocenters. The average molecular weight is 239 g/mol. The van der Waals surface area contributed by atoms with Crippen molar-refractivity contribution in [1.82, 2.24) is 19.7 Å². The Morgan fingerprint density at radius 1 is 1.44 bits per heavy atom. The molecule has 0 bridgehead atoms. The van der Waals surface area contributed by atoms with Crippen LogP contribution in [0.1, 0.15) is 11.4 Å². The average Bonchev–Trinajstić information content (AvgIpc) is 2.58. The molecule has 0 aliphatic carbocycles. The highest BCUT2D eigenvalue weighted by Crippen LogP contribution is 2.19. The smallest absolute Gasteiger partial charge is 0.239 e. The molecule has 3 N–H and O–H groups in total. The second-order valence-electron chi connectivity index (χ2n) is 3.35. The second-order valence-corrected chi connectivity index (χ2v) is 3.76. The Kier molecular flexibility index (Phi) is 2.76. The van der Waals surface area contributed by atoms with Crippen molar-refractivity contribution in [3.8, 4) is 5.82 Å². The van der Waals surface area contributed by atoms with E-state index >= 15 is 0 Å². The molecule has 0 aromatic carbocycles. The molecular formula is C9H11ClN6. The van der Waals surface area contributed by atoms with E-state index in [0.717, 1.165) is 11.4 Å². The van der Waals surface area contributed by atoms with E-state index in [2.05, 4.69) is 20.5 Å². The Morgan fingerprint density at radius 2 is 2.19 bits per heavy atom. The summed E-state index contributed by atoms with van der Waals surface area (Å²) in [6.07, 6.45) is 1.48. The maximum absolute atomic E-state index is 6.01. The van der Waals surface area contributed by atoms with Crippen LogP contribution in [-0.4, -0.2) is 19.7 Å². The minimum absolute atomic E-state index is 0.298. The summed E-state index contributed by atoms with van der Waals surface area (Å²) in [5.41, 5.74) is 4.21. The van der Waals surface area contributed by atoms with Gasteiger partial charge in [-0.2, -0.15) is 10.1 Å². The highest BCUT2D eigenvalue weighted by Gasteiger charge is 2.10. The standard InChI is InChI=1S/C9H11ClN6/c1-5-3-6(2)16(15-5)8-7(10)4-12-9(13-8)14-11/h3-4H,11H2,1-2H3,(H,12,13,14). The number of nitrogen functional groups attached to an aromatic ring is 1. The van der Waals surface area contributed by atoms with Crippen molar-refractivity contribution in [2.45, 2.75) is 13.8 Å². The Balaban J connectivity index is 2.58. The topological polar surface area (TPSA) is 81.7 Å². The first kappa shape index (κ1) is 10.8. The van der Waals surface area contributed by atoms with Crippen LogP contribution in [0.15, 0.2) is 12.3 Å². The third kappa shape index (κ3) is 1.84. The molecule has 7 heteroatoms. The molecule has 16 heavy (non-hydrogen) atoms. The predicted molar refractivity (Wildman–Crippen MR) is 61.4 cm³/mol. The minimum atomic E-state index is 0.298. The van der Waals surface area contributed by atoms with Crippen LogP contribution in [-0.2, 0) is 0 Å². The fourth-order valence-electron chi connectivity index (χ4n) is 1.42. The van der Waals surface area contributed by atoms with Crippen molar-refractivity contribution in [2.75, 3.05) is 5.43 Å².